The molecule has 2 aromatic rings. The normalized spacial score (nSPS) is 10.2. The summed E-state index contributed by atoms with van der Waals surface area (Å²) in [7, 11) is 0. The molecule has 19 heavy (non-hydrogen) atoms. The molecule has 0 aliphatic rings. The summed E-state index contributed by atoms with van der Waals surface area (Å²) in [6.07, 6.45) is 2.59. The molecule has 1 aromatic carbocycles. The summed E-state index contributed by atoms with van der Waals surface area (Å²) in [5.41, 5.74) is 1.93. The van der Waals surface area contributed by atoms with Gasteiger partial charge < -0.3 is 10.3 Å². The first-order chi connectivity index (χ1) is 9.16. The van der Waals surface area contributed by atoms with Crippen molar-refractivity contribution in [3.05, 3.63) is 64.1 Å². The number of benzene rings is 1. The molecule has 1 amide bonds. The number of rotatable bonds is 4. The Bertz CT molecular complexity index is 618. The maximum absolute atomic E-state index is 11.8. The van der Waals surface area contributed by atoms with E-state index in [2.05, 4.69) is 10.3 Å². The molecule has 0 unspecified atom stereocenters. The fourth-order valence-corrected chi connectivity index (χ4v) is 1.84. The van der Waals surface area contributed by atoms with Crippen LogP contribution in [-0.2, 0) is 11.2 Å². The van der Waals surface area contributed by atoms with Crippen molar-refractivity contribution in [3.8, 4) is 0 Å². The Morgan fingerprint density at radius 2 is 1.95 bits per heavy atom. The summed E-state index contributed by atoms with van der Waals surface area (Å²) in [4.78, 5) is 26.0. The zero-order valence-corrected chi connectivity index (χ0v) is 10.8. The smallest absolute Gasteiger partial charge is 0.271 e. The number of carbonyl (C=O) groups is 1. The van der Waals surface area contributed by atoms with E-state index in [0.29, 0.717) is 18.5 Å². The number of H-pyrrole nitrogens is 1. The van der Waals surface area contributed by atoms with Crippen molar-refractivity contribution < 1.29 is 4.79 Å². The quantitative estimate of drug-likeness (QED) is 0.881. The second kappa shape index (κ2) is 6.00. The van der Waals surface area contributed by atoms with Gasteiger partial charge in [-0.3, -0.25) is 9.59 Å². The summed E-state index contributed by atoms with van der Waals surface area (Å²) in [6, 6.07) is 11.5. The molecule has 0 fully saturated rings. The van der Waals surface area contributed by atoms with Crippen molar-refractivity contribution >= 4 is 11.6 Å². The molecule has 0 saturated heterocycles. The van der Waals surface area contributed by atoms with Gasteiger partial charge in [0.05, 0.1) is 0 Å². The van der Waals surface area contributed by atoms with Crippen LogP contribution in [0, 0.1) is 6.92 Å². The number of nitrogens with one attached hydrogen (secondary N) is 2. The highest BCUT2D eigenvalue weighted by molar-refractivity contribution is 5.91. The number of aromatic nitrogens is 1. The van der Waals surface area contributed by atoms with Crippen LogP contribution in [-0.4, -0.2) is 10.9 Å². The standard InChI is InChI=1S/C15H16N2O2/c1-11-9-10-16-15(19)14(11)17-13(18)8-7-12-5-3-2-4-6-12/h2-6,9-10H,7-8H2,1H3,(H,16,19)(H,17,18). The van der Waals surface area contributed by atoms with Crippen molar-refractivity contribution in [2.45, 2.75) is 19.8 Å². The minimum absolute atomic E-state index is 0.149. The maximum atomic E-state index is 11.8. The van der Waals surface area contributed by atoms with Crippen molar-refractivity contribution in [2.75, 3.05) is 5.32 Å². The highest BCUT2D eigenvalue weighted by Gasteiger charge is 2.08. The number of amides is 1. The molecule has 0 spiro atoms. The Kier molecular flexibility index (Phi) is 4.13. The fraction of sp³-hybridized carbons (Fsp3) is 0.200. The van der Waals surface area contributed by atoms with Gasteiger partial charge in [-0.25, -0.2) is 0 Å². The Balaban J connectivity index is 1.97. The lowest BCUT2D eigenvalue weighted by atomic mass is 10.1. The predicted octanol–water partition coefficient (Wildman–Crippen LogP) is 2.25. The Labute approximate surface area is 111 Å². The van der Waals surface area contributed by atoms with Crippen LogP contribution in [0.3, 0.4) is 0 Å². The third-order valence-corrected chi connectivity index (χ3v) is 2.92. The molecule has 98 valence electrons. The minimum Gasteiger partial charge on any atom is -0.327 e. The lowest BCUT2D eigenvalue weighted by Crippen LogP contribution is -2.20. The van der Waals surface area contributed by atoms with E-state index < -0.39 is 0 Å². The van der Waals surface area contributed by atoms with E-state index in [0.717, 1.165) is 11.1 Å². The van der Waals surface area contributed by atoms with Crippen LogP contribution in [0.2, 0.25) is 0 Å². The molecular formula is C15H16N2O2. The monoisotopic (exact) mass is 256 g/mol. The average molecular weight is 256 g/mol. The van der Waals surface area contributed by atoms with Crippen LogP contribution in [0.15, 0.2) is 47.4 Å². The Hall–Kier alpha value is -2.36. The second-order valence-corrected chi connectivity index (χ2v) is 4.40. The van der Waals surface area contributed by atoms with Gasteiger partial charge in [0.15, 0.2) is 0 Å². The van der Waals surface area contributed by atoms with E-state index in [-0.39, 0.29) is 11.5 Å². The van der Waals surface area contributed by atoms with E-state index in [1.807, 2.05) is 30.3 Å². The van der Waals surface area contributed by atoms with Crippen molar-refractivity contribution in [3.63, 3.8) is 0 Å². The molecule has 0 aliphatic heterocycles. The van der Waals surface area contributed by atoms with Gasteiger partial charge in [0.2, 0.25) is 5.91 Å². The molecule has 1 heterocycles. The predicted molar refractivity (Wildman–Crippen MR) is 75.2 cm³/mol. The molecular weight excluding hydrogens is 240 g/mol. The fourth-order valence-electron chi connectivity index (χ4n) is 1.84. The molecule has 1 aromatic heterocycles. The number of aromatic amines is 1. The van der Waals surface area contributed by atoms with Gasteiger partial charge in [-0.1, -0.05) is 30.3 Å². The van der Waals surface area contributed by atoms with Gasteiger partial charge in [-0.2, -0.15) is 0 Å². The van der Waals surface area contributed by atoms with Crippen LogP contribution in [0.25, 0.3) is 0 Å². The van der Waals surface area contributed by atoms with Crippen molar-refractivity contribution in [1.29, 1.82) is 0 Å². The first-order valence-electron chi connectivity index (χ1n) is 6.19. The largest absolute Gasteiger partial charge is 0.327 e. The minimum atomic E-state index is -0.270. The third kappa shape index (κ3) is 3.55. The molecule has 2 N–H and O–H groups in total. The highest BCUT2D eigenvalue weighted by Crippen LogP contribution is 2.08. The van der Waals surface area contributed by atoms with E-state index in [4.69, 9.17) is 0 Å². The summed E-state index contributed by atoms with van der Waals surface area (Å²) < 4.78 is 0. The SMILES string of the molecule is Cc1cc[nH]c(=O)c1NC(=O)CCc1ccccc1. The maximum Gasteiger partial charge on any atom is 0.271 e. The van der Waals surface area contributed by atoms with Crippen LogP contribution in [0.1, 0.15) is 17.5 Å². The van der Waals surface area contributed by atoms with Gasteiger partial charge in [0.1, 0.15) is 5.69 Å². The van der Waals surface area contributed by atoms with E-state index >= 15 is 0 Å². The number of hydrogen-bond acceptors (Lipinski definition) is 2. The highest BCUT2D eigenvalue weighted by atomic mass is 16.2. The summed E-state index contributed by atoms with van der Waals surface area (Å²) in [5.74, 6) is -0.149. The molecule has 0 bridgehead atoms. The summed E-state index contributed by atoms with van der Waals surface area (Å²) in [6.45, 7) is 1.79. The zero-order chi connectivity index (χ0) is 13.7. The van der Waals surface area contributed by atoms with Gasteiger partial charge in [-0.15, -0.1) is 0 Å². The topological polar surface area (TPSA) is 62.0 Å². The number of carbonyl (C=O) groups excluding carboxylic acids is 1. The van der Waals surface area contributed by atoms with Crippen LogP contribution >= 0.6 is 0 Å². The van der Waals surface area contributed by atoms with Crippen molar-refractivity contribution in [2.24, 2.45) is 0 Å². The van der Waals surface area contributed by atoms with Crippen molar-refractivity contribution in [1.82, 2.24) is 4.98 Å². The van der Waals surface area contributed by atoms with Gasteiger partial charge in [0, 0.05) is 12.6 Å². The lowest BCUT2D eigenvalue weighted by molar-refractivity contribution is -0.116. The van der Waals surface area contributed by atoms with Gasteiger partial charge in [-0.05, 0) is 30.5 Å². The van der Waals surface area contributed by atoms with Crippen LogP contribution in [0.5, 0.6) is 0 Å². The number of hydrogen-bond donors (Lipinski definition) is 2. The van der Waals surface area contributed by atoms with E-state index in [1.54, 1.807) is 19.2 Å². The van der Waals surface area contributed by atoms with Crippen LogP contribution in [0.4, 0.5) is 5.69 Å². The molecule has 4 nitrogen and oxygen atoms in total. The summed E-state index contributed by atoms with van der Waals surface area (Å²) >= 11 is 0. The van der Waals surface area contributed by atoms with Gasteiger partial charge in [0.25, 0.3) is 5.56 Å². The third-order valence-electron chi connectivity index (χ3n) is 2.92. The number of pyridine rings is 1. The molecule has 0 atom stereocenters. The first kappa shape index (κ1) is 13.1. The Morgan fingerprint density at radius 3 is 2.63 bits per heavy atom. The molecule has 0 saturated carbocycles. The lowest BCUT2D eigenvalue weighted by Gasteiger charge is -2.06. The molecule has 0 aliphatic carbocycles. The Morgan fingerprint density at radius 1 is 1.21 bits per heavy atom. The van der Waals surface area contributed by atoms with Gasteiger partial charge >= 0.3 is 0 Å². The van der Waals surface area contributed by atoms with Crippen LogP contribution < -0.4 is 10.9 Å². The second-order valence-electron chi connectivity index (χ2n) is 4.40. The van der Waals surface area contributed by atoms with E-state index in [9.17, 15) is 9.59 Å². The molecule has 4 heteroatoms. The summed E-state index contributed by atoms with van der Waals surface area (Å²) in [5, 5.41) is 2.67. The zero-order valence-electron chi connectivity index (χ0n) is 10.8. The molecule has 0 radical (unpaired) electrons. The van der Waals surface area contributed by atoms with E-state index in [1.165, 1.54) is 0 Å². The number of anilines is 1. The number of aryl methyl sites for hydroxylation is 2. The average Bonchev–Trinajstić information content (AvgIpc) is 2.42. The molecule has 2 rings (SSSR count). The first-order valence-corrected chi connectivity index (χ1v) is 6.19.